The lowest BCUT2D eigenvalue weighted by molar-refractivity contribution is 0.637. The molecular formula is C10H13N3S. The number of thiophene rings is 1. The largest absolute Gasteiger partial charge is 0.337 e. The van der Waals surface area contributed by atoms with Gasteiger partial charge >= 0.3 is 0 Å². The quantitative estimate of drug-likeness (QED) is 0.833. The van der Waals surface area contributed by atoms with Crippen LogP contribution in [0, 0.1) is 0 Å². The van der Waals surface area contributed by atoms with E-state index in [-0.39, 0.29) is 6.04 Å². The standard InChI is InChI=1S/C10H13N3S/c1-13-5-4-12-10(13)9(11)7-8-3-2-6-14-8/h2-6,9H,7,11H2,1H3. The summed E-state index contributed by atoms with van der Waals surface area (Å²) in [5.41, 5.74) is 6.05. The van der Waals surface area contributed by atoms with Gasteiger partial charge in [-0.15, -0.1) is 11.3 Å². The first-order chi connectivity index (χ1) is 6.77. The summed E-state index contributed by atoms with van der Waals surface area (Å²) >= 11 is 1.74. The first-order valence-corrected chi connectivity index (χ1v) is 5.40. The van der Waals surface area contributed by atoms with Gasteiger partial charge in [0.25, 0.3) is 0 Å². The van der Waals surface area contributed by atoms with E-state index in [0.29, 0.717) is 0 Å². The highest BCUT2D eigenvalue weighted by molar-refractivity contribution is 7.09. The minimum absolute atomic E-state index is 0.00588. The highest BCUT2D eigenvalue weighted by Crippen LogP contribution is 2.17. The predicted molar refractivity (Wildman–Crippen MR) is 58.2 cm³/mol. The van der Waals surface area contributed by atoms with Gasteiger partial charge in [0.05, 0.1) is 6.04 Å². The van der Waals surface area contributed by atoms with Gasteiger partial charge in [0, 0.05) is 30.7 Å². The van der Waals surface area contributed by atoms with Crippen molar-refractivity contribution in [3.05, 3.63) is 40.6 Å². The molecule has 2 N–H and O–H groups in total. The topological polar surface area (TPSA) is 43.8 Å². The Morgan fingerprint density at radius 3 is 3.07 bits per heavy atom. The van der Waals surface area contributed by atoms with E-state index in [4.69, 9.17) is 5.73 Å². The van der Waals surface area contributed by atoms with Gasteiger partial charge in [-0.2, -0.15) is 0 Å². The second kappa shape index (κ2) is 3.94. The van der Waals surface area contributed by atoms with Crippen LogP contribution in [0.15, 0.2) is 29.9 Å². The van der Waals surface area contributed by atoms with Crippen LogP contribution in [0.5, 0.6) is 0 Å². The SMILES string of the molecule is Cn1ccnc1C(N)Cc1cccs1. The molecule has 0 aliphatic carbocycles. The van der Waals surface area contributed by atoms with Crippen molar-refractivity contribution < 1.29 is 0 Å². The molecule has 0 bridgehead atoms. The highest BCUT2D eigenvalue weighted by atomic mass is 32.1. The van der Waals surface area contributed by atoms with Gasteiger partial charge in [-0.05, 0) is 11.4 Å². The number of imidazole rings is 1. The Bertz CT molecular complexity index is 391. The second-order valence-electron chi connectivity index (χ2n) is 3.29. The van der Waals surface area contributed by atoms with Crippen LogP contribution in [0.2, 0.25) is 0 Å². The van der Waals surface area contributed by atoms with Gasteiger partial charge in [-0.1, -0.05) is 6.07 Å². The molecule has 2 heterocycles. The van der Waals surface area contributed by atoms with Gasteiger partial charge in [-0.25, -0.2) is 4.98 Å². The third-order valence-corrected chi connectivity index (χ3v) is 3.09. The molecule has 1 atom stereocenters. The summed E-state index contributed by atoms with van der Waals surface area (Å²) in [6.45, 7) is 0. The summed E-state index contributed by atoms with van der Waals surface area (Å²) in [7, 11) is 1.97. The molecule has 0 spiro atoms. The molecule has 1 unspecified atom stereocenters. The van der Waals surface area contributed by atoms with E-state index in [2.05, 4.69) is 16.4 Å². The fourth-order valence-electron chi connectivity index (χ4n) is 1.47. The fraction of sp³-hybridized carbons (Fsp3) is 0.300. The third-order valence-electron chi connectivity index (χ3n) is 2.19. The summed E-state index contributed by atoms with van der Waals surface area (Å²) in [4.78, 5) is 5.54. The highest BCUT2D eigenvalue weighted by Gasteiger charge is 2.11. The maximum absolute atomic E-state index is 6.05. The van der Waals surface area contributed by atoms with Gasteiger partial charge in [-0.3, -0.25) is 0 Å². The van der Waals surface area contributed by atoms with Crippen molar-refractivity contribution in [2.45, 2.75) is 12.5 Å². The molecule has 0 radical (unpaired) electrons. The van der Waals surface area contributed by atoms with Crippen molar-refractivity contribution in [3.8, 4) is 0 Å². The van der Waals surface area contributed by atoms with E-state index in [0.717, 1.165) is 12.2 Å². The van der Waals surface area contributed by atoms with Crippen molar-refractivity contribution >= 4 is 11.3 Å². The lowest BCUT2D eigenvalue weighted by Gasteiger charge is -2.09. The van der Waals surface area contributed by atoms with Crippen molar-refractivity contribution in [3.63, 3.8) is 0 Å². The Morgan fingerprint density at radius 1 is 1.64 bits per heavy atom. The smallest absolute Gasteiger partial charge is 0.125 e. The summed E-state index contributed by atoms with van der Waals surface area (Å²) in [6.07, 6.45) is 4.57. The molecule has 74 valence electrons. The van der Waals surface area contributed by atoms with Gasteiger partial charge in [0.15, 0.2) is 0 Å². The lowest BCUT2D eigenvalue weighted by atomic mass is 10.2. The second-order valence-corrected chi connectivity index (χ2v) is 4.32. The minimum Gasteiger partial charge on any atom is -0.337 e. The Balaban J connectivity index is 2.10. The van der Waals surface area contributed by atoms with Crippen LogP contribution in [0.1, 0.15) is 16.7 Å². The predicted octanol–water partition coefficient (Wildman–Crippen LogP) is 1.72. The minimum atomic E-state index is -0.00588. The molecule has 0 aliphatic rings. The summed E-state index contributed by atoms with van der Waals surface area (Å²) < 4.78 is 1.97. The molecule has 2 aromatic heterocycles. The van der Waals surface area contributed by atoms with Crippen LogP contribution < -0.4 is 5.73 Å². The van der Waals surface area contributed by atoms with Crippen molar-refractivity contribution in [2.75, 3.05) is 0 Å². The summed E-state index contributed by atoms with van der Waals surface area (Å²) in [5, 5.41) is 2.07. The molecule has 0 aliphatic heterocycles. The number of aryl methyl sites for hydroxylation is 1. The number of hydrogen-bond acceptors (Lipinski definition) is 3. The van der Waals surface area contributed by atoms with E-state index in [9.17, 15) is 0 Å². The summed E-state index contributed by atoms with van der Waals surface area (Å²) in [5.74, 6) is 0.943. The zero-order valence-corrected chi connectivity index (χ0v) is 8.87. The monoisotopic (exact) mass is 207 g/mol. The Hall–Kier alpha value is -1.13. The molecule has 4 heteroatoms. The Kier molecular flexibility index (Phi) is 2.65. The zero-order valence-electron chi connectivity index (χ0n) is 8.05. The average Bonchev–Trinajstić information content (AvgIpc) is 2.75. The maximum atomic E-state index is 6.05. The third kappa shape index (κ3) is 1.86. The van der Waals surface area contributed by atoms with E-state index < -0.39 is 0 Å². The van der Waals surface area contributed by atoms with E-state index in [1.807, 2.05) is 23.9 Å². The van der Waals surface area contributed by atoms with Gasteiger partial charge in [0.2, 0.25) is 0 Å². The van der Waals surface area contributed by atoms with Crippen LogP contribution in [0.4, 0.5) is 0 Å². The van der Waals surface area contributed by atoms with Crippen LogP contribution in [0.25, 0.3) is 0 Å². The molecule has 0 aromatic carbocycles. The van der Waals surface area contributed by atoms with E-state index in [1.165, 1.54) is 4.88 Å². The zero-order chi connectivity index (χ0) is 9.97. The molecule has 14 heavy (non-hydrogen) atoms. The molecule has 0 saturated carbocycles. The molecule has 0 fully saturated rings. The van der Waals surface area contributed by atoms with Gasteiger partial charge < -0.3 is 10.3 Å². The van der Waals surface area contributed by atoms with Crippen molar-refractivity contribution in [1.29, 1.82) is 0 Å². The van der Waals surface area contributed by atoms with Gasteiger partial charge in [0.1, 0.15) is 5.82 Å². The van der Waals surface area contributed by atoms with E-state index >= 15 is 0 Å². The van der Waals surface area contributed by atoms with Crippen molar-refractivity contribution in [2.24, 2.45) is 12.8 Å². The molecule has 2 aromatic rings. The number of aromatic nitrogens is 2. The Morgan fingerprint density at radius 2 is 2.50 bits per heavy atom. The number of nitrogens with two attached hydrogens (primary N) is 1. The Labute approximate surface area is 87.2 Å². The van der Waals surface area contributed by atoms with Crippen LogP contribution in [-0.2, 0) is 13.5 Å². The number of hydrogen-bond donors (Lipinski definition) is 1. The number of rotatable bonds is 3. The van der Waals surface area contributed by atoms with Crippen LogP contribution in [0.3, 0.4) is 0 Å². The first kappa shape index (κ1) is 9.43. The summed E-state index contributed by atoms with van der Waals surface area (Å²) in [6, 6.07) is 4.15. The number of nitrogens with zero attached hydrogens (tertiary/aromatic N) is 2. The van der Waals surface area contributed by atoms with Crippen molar-refractivity contribution in [1.82, 2.24) is 9.55 Å². The first-order valence-electron chi connectivity index (χ1n) is 4.52. The molecular weight excluding hydrogens is 194 g/mol. The fourth-order valence-corrected chi connectivity index (χ4v) is 2.24. The normalized spacial score (nSPS) is 13.0. The molecule has 3 nitrogen and oxygen atoms in total. The molecule has 2 rings (SSSR count). The van der Waals surface area contributed by atoms with Crippen LogP contribution >= 0.6 is 11.3 Å². The van der Waals surface area contributed by atoms with E-state index in [1.54, 1.807) is 17.5 Å². The molecule has 0 saturated heterocycles. The molecule has 0 amide bonds. The lowest BCUT2D eigenvalue weighted by Crippen LogP contribution is -2.17. The maximum Gasteiger partial charge on any atom is 0.125 e. The van der Waals surface area contributed by atoms with Crippen LogP contribution in [-0.4, -0.2) is 9.55 Å². The average molecular weight is 207 g/mol.